The summed E-state index contributed by atoms with van der Waals surface area (Å²) < 4.78 is 1.32. The maximum atomic E-state index is 10.6. The van der Waals surface area contributed by atoms with Gasteiger partial charge in [0.1, 0.15) is 0 Å². The molecule has 0 spiro atoms. The topological polar surface area (TPSA) is 78.0 Å². The summed E-state index contributed by atoms with van der Waals surface area (Å²) in [6, 6.07) is 4.01. The minimum Gasteiger partial charge on any atom is -0.298 e. The zero-order chi connectivity index (χ0) is 12.4. The summed E-state index contributed by atoms with van der Waals surface area (Å²) in [5, 5.41) is 14.8. The van der Waals surface area contributed by atoms with Crippen molar-refractivity contribution >= 4 is 23.6 Å². The van der Waals surface area contributed by atoms with Gasteiger partial charge in [0.25, 0.3) is 5.69 Å². The van der Waals surface area contributed by atoms with Gasteiger partial charge in [-0.1, -0.05) is 11.6 Å². The monoisotopic (exact) mass is 251 g/mol. The van der Waals surface area contributed by atoms with Gasteiger partial charge in [0.05, 0.1) is 27.4 Å². The first-order chi connectivity index (χ1) is 8.11. The van der Waals surface area contributed by atoms with E-state index >= 15 is 0 Å². The quantitative estimate of drug-likeness (QED) is 0.476. The Morgan fingerprint density at radius 3 is 2.82 bits per heavy atom. The molecule has 1 heterocycles. The van der Waals surface area contributed by atoms with Crippen LogP contribution in [0.3, 0.4) is 0 Å². The van der Waals surface area contributed by atoms with Gasteiger partial charge in [-0.2, -0.15) is 5.10 Å². The van der Waals surface area contributed by atoms with E-state index in [1.165, 1.54) is 35.3 Å². The molecule has 0 aliphatic heterocycles. The van der Waals surface area contributed by atoms with Gasteiger partial charge in [-0.05, 0) is 6.07 Å². The van der Waals surface area contributed by atoms with Crippen molar-refractivity contribution < 1.29 is 9.72 Å². The van der Waals surface area contributed by atoms with Gasteiger partial charge in [-0.25, -0.2) is 4.68 Å². The largest absolute Gasteiger partial charge is 0.298 e. The fraction of sp³-hybridized carbons (Fsp3) is 0. The number of benzene rings is 1. The zero-order valence-electron chi connectivity index (χ0n) is 8.41. The molecule has 0 radical (unpaired) electrons. The Labute approximate surface area is 101 Å². The average molecular weight is 252 g/mol. The number of nitro groups is 1. The number of carbonyl (C=O) groups excluding carboxylic acids is 1. The van der Waals surface area contributed by atoms with E-state index in [-0.39, 0.29) is 5.69 Å². The van der Waals surface area contributed by atoms with Crippen LogP contribution in [0.2, 0.25) is 5.02 Å². The van der Waals surface area contributed by atoms with E-state index in [9.17, 15) is 14.9 Å². The molecule has 0 amide bonds. The maximum Gasteiger partial charge on any atom is 0.271 e. The Hall–Kier alpha value is -2.21. The first-order valence-electron chi connectivity index (χ1n) is 4.56. The molecule has 0 N–H and O–H groups in total. The number of aromatic nitrogens is 2. The van der Waals surface area contributed by atoms with Gasteiger partial charge in [-0.15, -0.1) is 0 Å². The van der Waals surface area contributed by atoms with Gasteiger partial charge in [0, 0.05) is 18.3 Å². The number of hydrogen-bond acceptors (Lipinski definition) is 4. The Morgan fingerprint density at radius 2 is 2.24 bits per heavy atom. The molecule has 0 bridgehead atoms. The van der Waals surface area contributed by atoms with Gasteiger partial charge < -0.3 is 0 Å². The molecule has 2 aromatic rings. The number of rotatable bonds is 3. The number of nitro benzene ring substituents is 1. The van der Waals surface area contributed by atoms with Crippen LogP contribution in [-0.2, 0) is 0 Å². The predicted octanol–water partition coefficient (Wildman–Crippen LogP) is 2.25. The maximum absolute atomic E-state index is 10.6. The number of halogens is 1. The van der Waals surface area contributed by atoms with Crippen molar-refractivity contribution in [1.82, 2.24) is 9.78 Å². The van der Waals surface area contributed by atoms with E-state index < -0.39 is 4.92 Å². The molecule has 0 aliphatic rings. The van der Waals surface area contributed by atoms with Crippen LogP contribution >= 0.6 is 11.6 Å². The van der Waals surface area contributed by atoms with Crippen molar-refractivity contribution in [3.63, 3.8) is 0 Å². The van der Waals surface area contributed by atoms with Crippen molar-refractivity contribution in [2.75, 3.05) is 0 Å². The van der Waals surface area contributed by atoms with Gasteiger partial charge in [0.2, 0.25) is 0 Å². The Morgan fingerprint density at radius 1 is 1.47 bits per heavy atom. The minimum atomic E-state index is -0.524. The lowest BCUT2D eigenvalue weighted by Gasteiger charge is -2.03. The molecule has 2 rings (SSSR count). The standard InChI is InChI=1S/C10H6ClN3O3/c11-9-2-1-8(14(16)17)3-10(9)13-5-7(6-15)4-12-13/h1-6H. The summed E-state index contributed by atoms with van der Waals surface area (Å²) in [5.41, 5.74) is 0.633. The number of hydrogen-bond donors (Lipinski definition) is 0. The van der Waals surface area contributed by atoms with E-state index in [0.717, 1.165) is 0 Å². The van der Waals surface area contributed by atoms with Gasteiger partial charge >= 0.3 is 0 Å². The van der Waals surface area contributed by atoms with Crippen LogP contribution in [0.5, 0.6) is 0 Å². The molecule has 0 saturated heterocycles. The summed E-state index contributed by atoms with van der Waals surface area (Å²) >= 11 is 5.92. The molecular formula is C10H6ClN3O3. The minimum absolute atomic E-state index is 0.0902. The highest BCUT2D eigenvalue weighted by atomic mass is 35.5. The van der Waals surface area contributed by atoms with E-state index in [0.29, 0.717) is 22.6 Å². The second kappa shape index (κ2) is 4.34. The van der Waals surface area contributed by atoms with E-state index in [2.05, 4.69) is 5.10 Å². The highest BCUT2D eigenvalue weighted by molar-refractivity contribution is 6.32. The van der Waals surface area contributed by atoms with Crippen LogP contribution in [0.1, 0.15) is 10.4 Å². The molecule has 0 atom stereocenters. The fourth-order valence-electron chi connectivity index (χ4n) is 1.32. The summed E-state index contributed by atoms with van der Waals surface area (Å²) in [6.45, 7) is 0. The van der Waals surface area contributed by atoms with Crippen molar-refractivity contribution in [3.05, 3.63) is 51.3 Å². The Balaban J connectivity index is 2.53. The molecule has 0 fully saturated rings. The summed E-state index contributed by atoms with van der Waals surface area (Å²) in [4.78, 5) is 20.6. The molecule has 17 heavy (non-hydrogen) atoms. The number of non-ortho nitro benzene ring substituents is 1. The summed E-state index contributed by atoms with van der Waals surface area (Å²) in [5.74, 6) is 0. The molecule has 0 aliphatic carbocycles. The van der Waals surface area contributed by atoms with E-state index in [4.69, 9.17) is 11.6 Å². The van der Waals surface area contributed by atoms with Crippen LogP contribution < -0.4 is 0 Å². The highest BCUT2D eigenvalue weighted by Crippen LogP contribution is 2.25. The third-order valence-electron chi connectivity index (χ3n) is 2.13. The van der Waals surface area contributed by atoms with Crippen molar-refractivity contribution in [3.8, 4) is 5.69 Å². The van der Waals surface area contributed by atoms with Gasteiger partial charge in [-0.3, -0.25) is 14.9 Å². The van der Waals surface area contributed by atoms with Crippen molar-refractivity contribution in [2.45, 2.75) is 0 Å². The predicted molar refractivity (Wildman–Crippen MR) is 60.6 cm³/mol. The lowest BCUT2D eigenvalue weighted by atomic mass is 10.3. The van der Waals surface area contributed by atoms with Crippen molar-refractivity contribution in [2.24, 2.45) is 0 Å². The molecule has 1 aromatic carbocycles. The van der Waals surface area contributed by atoms with E-state index in [1.54, 1.807) is 0 Å². The van der Waals surface area contributed by atoms with Crippen LogP contribution in [-0.4, -0.2) is 21.0 Å². The summed E-state index contributed by atoms with van der Waals surface area (Å²) in [6.07, 6.45) is 3.43. The van der Waals surface area contributed by atoms with Crippen LogP contribution in [0.4, 0.5) is 5.69 Å². The van der Waals surface area contributed by atoms with Crippen molar-refractivity contribution in [1.29, 1.82) is 0 Å². The Bertz CT molecular complexity index is 594. The van der Waals surface area contributed by atoms with Crippen LogP contribution in [0, 0.1) is 10.1 Å². The second-order valence-corrected chi connectivity index (χ2v) is 3.64. The number of carbonyl (C=O) groups is 1. The fourth-order valence-corrected chi connectivity index (χ4v) is 1.52. The molecule has 0 saturated carbocycles. The first kappa shape index (κ1) is 11.3. The highest BCUT2D eigenvalue weighted by Gasteiger charge is 2.12. The number of aldehydes is 1. The normalized spacial score (nSPS) is 10.2. The van der Waals surface area contributed by atoms with Crippen LogP contribution in [0.25, 0.3) is 5.69 Å². The molecule has 0 unspecified atom stereocenters. The smallest absolute Gasteiger partial charge is 0.271 e. The first-order valence-corrected chi connectivity index (χ1v) is 4.94. The molecule has 86 valence electrons. The van der Waals surface area contributed by atoms with E-state index in [1.807, 2.05) is 0 Å². The molecule has 7 heteroatoms. The lowest BCUT2D eigenvalue weighted by molar-refractivity contribution is -0.384. The number of nitrogens with zero attached hydrogens (tertiary/aromatic N) is 3. The zero-order valence-corrected chi connectivity index (χ0v) is 9.16. The Kier molecular flexibility index (Phi) is 2.88. The van der Waals surface area contributed by atoms with Gasteiger partial charge in [0.15, 0.2) is 6.29 Å². The second-order valence-electron chi connectivity index (χ2n) is 3.23. The third-order valence-corrected chi connectivity index (χ3v) is 2.45. The SMILES string of the molecule is O=Cc1cnn(-c2cc([N+](=O)[O-])ccc2Cl)c1. The third kappa shape index (κ3) is 2.16. The molecule has 1 aromatic heterocycles. The summed E-state index contributed by atoms with van der Waals surface area (Å²) in [7, 11) is 0. The molecule has 6 nitrogen and oxygen atoms in total. The average Bonchev–Trinajstić information content (AvgIpc) is 2.77. The molecular weight excluding hydrogens is 246 g/mol. The lowest BCUT2D eigenvalue weighted by Crippen LogP contribution is -1.97. The van der Waals surface area contributed by atoms with Crippen LogP contribution in [0.15, 0.2) is 30.6 Å².